The summed E-state index contributed by atoms with van der Waals surface area (Å²) in [6.45, 7) is 6.20. The number of rotatable bonds is 7. The van der Waals surface area contributed by atoms with E-state index < -0.39 is 16.0 Å². The number of nitrogens with zero attached hydrogens (tertiary/aromatic N) is 1. The molecule has 7 heteroatoms. The summed E-state index contributed by atoms with van der Waals surface area (Å²) < 4.78 is 32.3. The van der Waals surface area contributed by atoms with E-state index in [0.29, 0.717) is 19.1 Å². The minimum absolute atomic E-state index is 0.0831. The Hall–Kier alpha value is -1.44. The molecule has 6 nitrogen and oxygen atoms in total. The molecule has 1 heterocycles. The van der Waals surface area contributed by atoms with Gasteiger partial charge in [0.15, 0.2) is 0 Å². The second-order valence-corrected chi connectivity index (χ2v) is 7.79. The van der Waals surface area contributed by atoms with Gasteiger partial charge in [-0.2, -0.15) is 0 Å². The van der Waals surface area contributed by atoms with Gasteiger partial charge in [0.2, 0.25) is 10.0 Å². The van der Waals surface area contributed by atoms with Gasteiger partial charge in [-0.3, -0.25) is 4.90 Å². The Bertz CT molecular complexity index is 660. The summed E-state index contributed by atoms with van der Waals surface area (Å²) in [4.78, 5) is 14.1. The molecule has 0 saturated carbocycles. The molecule has 0 bridgehead atoms. The molecule has 1 fully saturated rings. The highest BCUT2D eigenvalue weighted by molar-refractivity contribution is 7.89. The van der Waals surface area contributed by atoms with Crippen molar-refractivity contribution in [3.05, 3.63) is 29.8 Å². The normalized spacial score (nSPS) is 19.2. The quantitative estimate of drug-likeness (QED) is 0.758. The summed E-state index contributed by atoms with van der Waals surface area (Å²) in [5, 5.41) is 0. The molecule has 1 aromatic carbocycles. The number of esters is 1. The number of hydrogen-bond donors (Lipinski definition) is 1. The number of carbonyl (C=O) groups excluding carboxylic acids is 1. The van der Waals surface area contributed by atoms with Crippen LogP contribution >= 0.6 is 0 Å². The van der Waals surface area contributed by atoms with Crippen LogP contribution in [0.25, 0.3) is 0 Å². The van der Waals surface area contributed by atoms with E-state index >= 15 is 0 Å². The van der Waals surface area contributed by atoms with Crippen molar-refractivity contribution in [1.82, 2.24) is 9.62 Å². The number of nitrogens with one attached hydrogen (secondary N) is 1. The Balaban J connectivity index is 1.97. The molecular weight excluding hydrogens is 328 g/mol. The predicted octanol–water partition coefficient (Wildman–Crippen LogP) is 2.02. The Kier molecular flexibility index (Phi) is 6.77. The monoisotopic (exact) mass is 354 g/mol. The van der Waals surface area contributed by atoms with Crippen LogP contribution in [0.2, 0.25) is 0 Å². The molecule has 1 N–H and O–H groups in total. The summed E-state index contributed by atoms with van der Waals surface area (Å²) in [5.41, 5.74) is 0.240. The molecular formula is C17H26N2O4S. The van der Waals surface area contributed by atoms with E-state index in [9.17, 15) is 13.2 Å². The first-order chi connectivity index (χ1) is 11.4. The van der Waals surface area contributed by atoms with E-state index in [0.717, 1.165) is 13.0 Å². The highest BCUT2D eigenvalue weighted by Gasteiger charge is 2.20. The number of ether oxygens (including phenoxy) is 1. The highest BCUT2D eigenvalue weighted by Crippen LogP contribution is 2.16. The maximum absolute atomic E-state index is 12.4. The number of piperidine rings is 1. The first-order valence-corrected chi connectivity index (χ1v) is 9.93. The molecule has 1 atom stereocenters. The summed E-state index contributed by atoms with van der Waals surface area (Å²) >= 11 is 0. The van der Waals surface area contributed by atoms with Crippen LogP contribution in [0.1, 0.15) is 43.5 Å². The third-order valence-electron chi connectivity index (χ3n) is 4.29. The third-order valence-corrected chi connectivity index (χ3v) is 5.75. The lowest BCUT2D eigenvalue weighted by Crippen LogP contribution is -2.42. The predicted molar refractivity (Wildman–Crippen MR) is 92.5 cm³/mol. The number of hydrogen-bond acceptors (Lipinski definition) is 5. The van der Waals surface area contributed by atoms with Gasteiger partial charge in [-0.05, 0) is 51.4 Å². The van der Waals surface area contributed by atoms with Crippen molar-refractivity contribution in [3.8, 4) is 0 Å². The van der Waals surface area contributed by atoms with Crippen LogP contribution in [0, 0.1) is 0 Å². The van der Waals surface area contributed by atoms with Gasteiger partial charge < -0.3 is 4.74 Å². The van der Waals surface area contributed by atoms with Crippen molar-refractivity contribution >= 4 is 16.0 Å². The molecule has 0 radical (unpaired) electrons. The van der Waals surface area contributed by atoms with Gasteiger partial charge in [0, 0.05) is 19.1 Å². The molecule has 0 amide bonds. The maximum Gasteiger partial charge on any atom is 0.338 e. The molecule has 1 unspecified atom stereocenters. The number of likely N-dealkylation sites (tertiary alicyclic amines) is 1. The lowest BCUT2D eigenvalue weighted by Gasteiger charge is -2.33. The van der Waals surface area contributed by atoms with E-state index in [1.807, 2.05) is 0 Å². The summed E-state index contributed by atoms with van der Waals surface area (Å²) in [6, 6.07) is 6.42. The van der Waals surface area contributed by atoms with Crippen molar-refractivity contribution in [1.29, 1.82) is 0 Å². The van der Waals surface area contributed by atoms with Crippen LogP contribution in [0.3, 0.4) is 0 Å². The lowest BCUT2D eigenvalue weighted by molar-refractivity contribution is 0.0526. The first-order valence-electron chi connectivity index (χ1n) is 8.45. The summed E-state index contributed by atoms with van der Waals surface area (Å²) in [7, 11) is -3.63. The van der Waals surface area contributed by atoms with Crippen molar-refractivity contribution in [2.24, 2.45) is 0 Å². The van der Waals surface area contributed by atoms with Crippen LogP contribution < -0.4 is 4.72 Å². The number of carbonyl (C=O) groups is 1. The molecule has 0 aromatic heterocycles. The van der Waals surface area contributed by atoms with Crippen LogP contribution in [-0.2, 0) is 14.8 Å². The molecule has 0 aliphatic carbocycles. The van der Waals surface area contributed by atoms with Gasteiger partial charge in [-0.15, -0.1) is 0 Å². The number of sulfonamides is 1. The zero-order valence-electron chi connectivity index (χ0n) is 14.3. The van der Waals surface area contributed by atoms with Crippen LogP contribution in [0.4, 0.5) is 0 Å². The van der Waals surface area contributed by atoms with Gasteiger partial charge in [0.05, 0.1) is 17.1 Å². The molecule has 1 saturated heterocycles. The molecule has 134 valence electrons. The average molecular weight is 354 g/mol. The lowest BCUT2D eigenvalue weighted by atomic mass is 10.0. The Morgan fingerprint density at radius 2 is 2.17 bits per heavy atom. The Morgan fingerprint density at radius 3 is 2.88 bits per heavy atom. The molecule has 0 spiro atoms. The second kappa shape index (κ2) is 8.60. The van der Waals surface area contributed by atoms with Crippen molar-refractivity contribution in [3.63, 3.8) is 0 Å². The topological polar surface area (TPSA) is 75.7 Å². The van der Waals surface area contributed by atoms with Crippen molar-refractivity contribution < 1.29 is 17.9 Å². The minimum Gasteiger partial charge on any atom is -0.462 e. The van der Waals surface area contributed by atoms with E-state index in [1.54, 1.807) is 19.1 Å². The second-order valence-electron chi connectivity index (χ2n) is 6.03. The average Bonchev–Trinajstić information content (AvgIpc) is 2.57. The molecule has 1 aliphatic rings. The first kappa shape index (κ1) is 18.9. The maximum atomic E-state index is 12.4. The van der Waals surface area contributed by atoms with Gasteiger partial charge >= 0.3 is 5.97 Å². The largest absolute Gasteiger partial charge is 0.462 e. The summed E-state index contributed by atoms with van der Waals surface area (Å²) in [6.07, 6.45) is 3.57. The molecule has 1 aliphatic heterocycles. The molecule has 24 heavy (non-hydrogen) atoms. The van der Waals surface area contributed by atoms with Crippen molar-refractivity contribution in [2.45, 2.75) is 44.0 Å². The van der Waals surface area contributed by atoms with E-state index in [2.05, 4.69) is 16.5 Å². The van der Waals surface area contributed by atoms with E-state index in [4.69, 9.17) is 4.74 Å². The van der Waals surface area contributed by atoms with Crippen LogP contribution in [-0.4, -0.2) is 51.6 Å². The smallest absolute Gasteiger partial charge is 0.338 e. The van der Waals surface area contributed by atoms with E-state index in [-0.39, 0.29) is 17.1 Å². The van der Waals surface area contributed by atoms with Gasteiger partial charge in [-0.1, -0.05) is 12.5 Å². The highest BCUT2D eigenvalue weighted by atomic mass is 32.2. The molecule has 2 rings (SSSR count). The SMILES string of the molecule is CCOC(=O)c1cccc(S(=O)(=O)NCCN2CCCCC2C)c1. The third kappa shape index (κ3) is 5.03. The number of benzene rings is 1. The standard InChI is InChI=1S/C17H26N2O4S/c1-3-23-17(20)15-8-6-9-16(13-15)24(21,22)18-10-12-19-11-5-4-7-14(19)2/h6,8-9,13-14,18H,3-5,7,10-12H2,1-2H3. The molecule has 1 aromatic rings. The zero-order chi connectivity index (χ0) is 17.6. The Morgan fingerprint density at radius 1 is 1.38 bits per heavy atom. The fourth-order valence-corrected chi connectivity index (χ4v) is 3.97. The van der Waals surface area contributed by atoms with Crippen molar-refractivity contribution in [2.75, 3.05) is 26.2 Å². The fraction of sp³-hybridized carbons (Fsp3) is 0.588. The summed E-state index contributed by atoms with van der Waals surface area (Å²) in [5.74, 6) is -0.517. The van der Waals surface area contributed by atoms with Gasteiger partial charge in [0.25, 0.3) is 0 Å². The zero-order valence-corrected chi connectivity index (χ0v) is 15.1. The van der Waals surface area contributed by atoms with Crippen LogP contribution in [0.5, 0.6) is 0 Å². The van der Waals surface area contributed by atoms with Gasteiger partial charge in [0.1, 0.15) is 0 Å². The fourth-order valence-electron chi connectivity index (χ4n) is 2.90. The van der Waals surface area contributed by atoms with Crippen LogP contribution in [0.15, 0.2) is 29.2 Å². The minimum atomic E-state index is -3.63. The Labute approximate surface area is 144 Å². The van der Waals surface area contributed by atoms with E-state index in [1.165, 1.54) is 25.0 Å². The van der Waals surface area contributed by atoms with Gasteiger partial charge in [-0.25, -0.2) is 17.9 Å².